The number of ether oxygens (including phenoxy) is 1. The molecule has 1 aliphatic rings. The first-order chi connectivity index (χ1) is 16.9. The highest BCUT2D eigenvalue weighted by Crippen LogP contribution is 2.33. The molecule has 7 nitrogen and oxygen atoms in total. The molecule has 0 bridgehead atoms. The molecule has 4 aromatic rings. The van der Waals surface area contributed by atoms with Crippen molar-refractivity contribution in [2.24, 2.45) is 0 Å². The Morgan fingerprint density at radius 1 is 1.11 bits per heavy atom. The topological polar surface area (TPSA) is 73.5 Å². The minimum absolute atomic E-state index is 0.157. The monoisotopic (exact) mass is 513 g/mol. The summed E-state index contributed by atoms with van der Waals surface area (Å²) in [6, 6.07) is 12.4. The number of amides is 1. The summed E-state index contributed by atoms with van der Waals surface area (Å²) < 4.78 is 21.3. The molecule has 0 aliphatic carbocycles. The fourth-order valence-electron chi connectivity index (χ4n) is 4.31. The smallest absolute Gasteiger partial charge is 0.410 e. The average Bonchev–Trinajstić information content (AvgIpc) is 3.23. The summed E-state index contributed by atoms with van der Waals surface area (Å²) in [6.45, 7) is 2.90. The Labute approximate surface area is 208 Å². The highest BCUT2D eigenvalue weighted by atomic mass is 35.5. The third-order valence-corrected chi connectivity index (χ3v) is 7.48. The number of rotatable bonds is 4. The van der Waals surface area contributed by atoms with E-state index in [1.807, 2.05) is 0 Å². The summed E-state index contributed by atoms with van der Waals surface area (Å²) in [5.74, 6) is -0.372. The molecule has 0 spiro atoms. The van der Waals surface area contributed by atoms with Crippen molar-refractivity contribution in [1.29, 1.82) is 0 Å². The summed E-state index contributed by atoms with van der Waals surface area (Å²) in [4.78, 5) is 42.6. The van der Waals surface area contributed by atoms with Gasteiger partial charge in [-0.2, -0.15) is 0 Å². The molecule has 0 saturated heterocycles. The highest BCUT2D eigenvalue weighted by molar-refractivity contribution is 7.18. The maximum absolute atomic E-state index is 13.7. The van der Waals surface area contributed by atoms with Crippen LogP contribution in [0.4, 0.5) is 9.18 Å². The largest absolute Gasteiger partial charge is 0.450 e. The Hall–Kier alpha value is -3.43. The standard InChI is InChI=1S/C25H21ClFN3O4S/c1-2-34-25(33)28-12-11-19-20(14-28)35-23-21(19)22(31)30(18-9-5-16(26)6-10-18)24(32)29(23)13-15-3-7-17(27)8-4-15/h3-10H,2,11-14H2,1H3. The quantitative estimate of drug-likeness (QED) is 0.401. The van der Waals surface area contributed by atoms with Crippen molar-refractivity contribution in [1.82, 2.24) is 14.0 Å². The minimum Gasteiger partial charge on any atom is -0.450 e. The van der Waals surface area contributed by atoms with E-state index in [9.17, 15) is 18.8 Å². The van der Waals surface area contributed by atoms with Gasteiger partial charge in [-0.1, -0.05) is 23.7 Å². The molecule has 1 aliphatic heterocycles. The zero-order chi connectivity index (χ0) is 24.7. The van der Waals surface area contributed by atoms with E-state index in [0.717, 1.165) is 20.6 Å². The third kappa shape index (κ3) is 4.26. The van der Waals surface area contributed by atoms with Crippen LogP contribution in [-0.2, 0) is 24.2 Å². The van der Waals surface area contributed by atoms with Gasteiger partial charge < -0.3 is 9.64 Å². The Balaban J connectivity index is 1.72. The van der Waals surface area contributed by atoms with Crippen LogP contribution in [0, 0.1) is 5.82 Å². The predicted octanol–water partition coefficient (Wildman–Crippen LogP) is 4.57. The first kappa shape index (κ1) is 23.3. The van der Waals surface area contributed by atoms with Gasteiger partial charge in [0.25, 0.3) is 5.56 Å². The number of fused-ring (bicyclic) bond motifs is 3. The van der Waals surface area contributed by atoms with Crippen LogP contribution in [-0.4, -0.2) is 33.3 Å². The number of halogens is 2. The lowest BCUT2D eigenvalue weighted by atomic mass is 10.1. The summed E-state index contributed by atoms with van der Waals surface area (Å²) in [5, 5.41) is 0.951. The van der Waals surface area contributed by atoms with Crippen molar-refractivity contribution >= 4 is 39.2 Å². The van der Waals surface area contributed by atoms with Crippen molar-refractivity contribution in [3.8, 4) is 5.69 Å². The van der Waals surface area contributed by atoms with Gasteiger partial charge in [-0.25, -0.2) is 18.5 Å². The molecule has 0 fully saturated rings. The van der Waals surface area contributed by atoms with Gasteiger partial charge in [0.1, 0.15) is 10.6 Å². The first-order valence-corrected chi connectivity index (χ1v) is 12.3. The molecule has 0 saturated carbocycles. The van der Waals surface area contributed by atoms with Crippen LogP contribution in [0.5, 0.6) is 0 Å². The normalized spacial score (nSPS) is 13.2. The number of aromatic nitrogens is 2. The van der Waals surface area contributed by atoms with E-state index in [2.05, 4.69) is 0 Å². The van der Waals surface area contributed by atoms with Gasteiger partial charge in [0, 0.05) is 16.4 Å². The fraction of sp³-hybridized carbons (Fsp3) is 0.240. The van der Waals surface area contributed by atoms with Crippen molar-refractivity contribution < 1.29 is 13.9 Å². The molecular weight excluding hydrogens is 493 g/mol. The van der Waals surface area contributed by atoms with Crippen molar-refractivity contribution in [2.75, 3.05) is 13.2 Å². The number of benzene rings is 2. The molecule has 0 unspecified atom stereocenters. The van der Waals surface area contributed by atoms with Crippen LogP contribution in [0.2, 0.25) is 5.02 Å². The van der Waals surface area contributed by atoms with Gasteiger partial charge in [-0.05, 0) is 60.9 Å². The van der Waals surface area contributed by atoms with Gasteiger partial charge in [-0.15, -0.1) is 11.3 Å². The van der Waals surface area contributed by atoms with E-state index in [-0.39, 0.29) is 19.0 Å². The third-order valence-electron chi connectivity index (χ3n) is 5.99. The van der Waals surface area contributed by atoms with Gasteiger partial charge in [0.05, 0.1) is 30.8 Å². The maximum Gasteiger partial charge on any atom is 0.410 e. The van der Waals surface area contributed by atoms with Crippen molar-refractivity contribution in [3.05, 3.63) is 96.2 Å². The molecule has 2 aromatic carbocycles. The maximum atomic E-state index is 13.7. The number of thiophene rings is 1. The molecule has 0 atom stereocenters. The predicted molar refractivity (Wildman–Crippen MR) is 133 cm³/mol. The molecule has 10 heteroatoms. The van der Waals surface area contributed by atoms with Crippen molar-refractivity contribution in [2.45, 2.75) is 26.4 Å². The summed E-state index contributed by atoms with van der Waals surface area (Å²) in [7, 11) is 0. The Kier molecular flexibility index (Phi) is 6.21. The van der Waals surface area contributed by atoms with E-state index in [1.54, 1.807) is 48.2 Å². The van der Waals surface area contributed by atoms with Gasteiger partial charge in [0.2, 0.25) is 0 Å². The zero-order valence-electron chi connectivity index (χ0n) is 18.8. The second kappa shape index (κ2) is 9.31. The van der Waals surface area contributed by atoms with Crippen LogP contribution in [0.25, 0.3) is 15.9 Å². The lowest BCUT2D eigenvalue weighted by Crippen LogP contribution is -2.39. The minimum atomic E-state index is -0.505. The van der Waals surface area contributed by atoms with Crippen molar-refractivity contribution in [3.63, 3.8) is 0 Å². The van der Waals surface area contributed by atoms with E-state index >= 15 is 0 Å². The van der Waals surface area contributed by atoms with E-state index in [0.29, 0.717) is 40.4 Å². The molecule has 180 valence electrons. The number of hydrogen-bond donors (Lipinski definition) is 0. The second-order valence-corrected chi connectivity index (χ2v) is 9.69. The molecule has 0 N–H and O–H groups in total. The lowest BCUT2D eigenvalue weighted by molar-refractivity contribution is 0.103. The van der Waals surface area contributed by atoms with Crippen LogP contribution in [0.1, 0.15) is 22.9 Å². The van der Waals surface area contributed by atoms with E-state index in [1.165, 1.54) is 28.0 Å². The molecular formula is C25H21ClFN3O4S. The number of nitrogens with zero attached hydrogens (tertiary/aromatic N) is 3. The Morgan fingerprint density at radius 2 is 1.83 bits per heavy atom. The number of carbonyl (C=O) groups is 1. The molecule has 35 heavy (non-hydrogen) atoms. The number of hydrogen-bond acceptors (Lipinski definition) is 5. The molecule has 5 rings (SSSR count). The molecule has 2 aromatic heterocycles. The Morgan fingerprint density at radius 3 is 2.51 bits per heavy atom. The second-order valence-electron chi connectivity index (χ2n) is 8.17. The first-order valence-electron chi connectivity index (χ1n) is 11.1. The van der Waals surface area contributed by atoms with Crippen LogP contribution < -0.4 is 11.2 Å². The molecule has 3 heterocycles. The van der Waals surface area contributed by atoms with Crippen LogP contribution >= 0.6 is 22.9 Å². The van der Waals surface area contributed by atoms with E-state index < -0.39 is 17.3 Å². The number of carbonyl (C=O) groups excluding carboxylic acids is 1. The van der Waals surface area contributed by atoms with Gasteiger partial charge >= 0.3 is 11.8 Å². The van der Waals surface area contributed by atoms with Crippen LogP contribution in [0.15, 0.2) is 58.1 Å². The highest BCUT2D eigenvalue weighted by Gasteiger charge is 2.29. The zero-order valence-corrected chi connectivity index (χ0v) is 20.4. The summed E-state index contributed by atoms with van der Waals surface area (Å²) >= 11 is 7.35. The fourth-order valence-corrected chi connectivity index (χ4v) is 5.78. The average molecular weight is 514 g/mol. The SMILES string of the molecule is CCOC(=O)N1CCc2c(sc3c2c(=O)n(-c2ccc(Cl)cc2)c(=O)n3Cc2ccc(F)cc2)C1. The van der Waals surface area contributed by atoms with Crippen LogP contribution in [0.3, 0.4) is 0 Å². The molecule has 1 amide bonds. The van der Waals surface area contributed by atoms with Gasteiger partial charge in [-0.3, -0.25) is 9.36 Å². The Bertz CT molecular complexity index is 1540. The lowest BCUT2D eigenvalue weighted by Gasteiger charge is -2.25. The molecule has 0 radical (unpaired) electrons. The summed E-state index contributed by atoms with van der Waals surface area (Å²) in [5.41, 5.74) is 1.05. The van der Waals surface area contributed by atoms with E-state index in [4.69, 9.17) is 16.3 Å². The van der Waals surface area contributed by atoms with Gasteiger partial charge in [0.15, 0.2) is 0 Å². The summed E-state index contributed by atoms with van der Waals surface area (Å²) in [6.07, 6.45) is 0.0663.